The standard InChI is InChI=1S/C12H23N3O2/c1-11(2,3)17-10(16)15-7-4-12(9-15)8-13-5-6-14-12/h13-14H,4-9H2,1-3H3. The molecule has 2 rings (SSSR count). The Balaban J connectivity index is 1.91. The van der Waals surface area contributed by atoms with Gasteiger partial charge in [0.05, 0.1) is 5.54 Å². The summed E-state index contributed by atoms with van der Waals surface area (Å²) in [6, 6.07) is 0. The van der Waals surface area contributed by atoms with Crippen molar-refractivity contribution in [1.29, 1.82) is 0 Å². The van der Waals surface area contributed by atoms with Gasteiger partial charge in [0.1, 0.15) is 5.60 Å². The summed E-state index contributed by atoms with van der Waals surface area (Å²) >= 11 is 0. The van der Waals surface area contributed by atoms with Crippen molar-refractivity contribution in [3.63, 3.8) is 0 Å². The van der Waals surface area contributed by atoms with E-state index >= 15 is 0 Å². The molecule has 0 aromatic carbocycles. The van der Waals surface area contributed by atoms with Crippen LogP contribution in [0.3, 0.4) is 0 Å². The quantitative estimate of drug-likeness (QED) is 0.650. The van der Waals surface area contributed by atoms with Gasteiger partial charge in [0, 0.05) is 32.7 Å². The van der Waals surface area contributed by atoms with Gasteiger partial charge in [0.2, 0.25) is 0 Å². The Kier molecular flexibility index (Phi) is 3.32. The second kappa shape index (κ2) is 4.46. The van der Waals surface area contributed by atoms with Gasteiger partial charge in [-0.2, -0.15) is 0 Å². The zero-order valence-corrected chi connectivity index (χ0v) is 11.0. The molecule has 5 heteroatoms. The fraction of sp³-hybridized carbons (Fsp3) is 0.917. The predicted molar refractivity (Wildman–Crippen MR) is 66.0 cm³/mol. The number of carbonyl (C=O) groups is 1. The number of rotatable bonds is 0. The molecule has 2 saturated heterocycles. The Morgan fingerprint density at radius 3 is 2.71 bits per heavy atom. The lowest BCUT2D eigenvalue weighted by Crippen LogP contribution is -2.60. The number of hydrogen-bond acceptors (Lipinski definition) is 4. The number of ether oxygens (including phenoxy) is 1. The van der Waals surface area contributed by atoms with E-state index in [2.05, 4.69) is 10.6 Å². The predicted octanol–water partition coefficient (Wildman–Crippen LogP) is 0.559. The van der Waals surface area contributed by atoms with E-state index in [0.717, 1.165) is 39.1 Å². The third kappa shape index (κ3) is 3.10. The minimum atomic E-state index is -0.412. The van der Waals surface area contributed by atoms with Crippen molar-refractivity contribution in [2.45, 2.75) is 38.3 Å². The van der Waals surface area contributed by atoms with Crippen molar-refractivity contribution in [1.82, 2.24) is 15.5 Å². The van der Waals surface area contributed by atoms with E-state index in [9.17, 15) is 4.79 Å². The van der Waals surface area contributed by atoms with Gasteiger partial charge in [-0.05, 0) is 27.2 Å². The average Bonchev–Trinajstić information content (AvgIpc) is 2.61. The fourth-order valence-electron chi connectivity index (χ4n) is 2.45. The first-order chi connectivity index (χ1) is 7.90. The van der Waals surface area contributed by atoms with Gasteiger partial charge in [0.25, 0.3) is 0 Å². The number of amides is 1. The number of piperazine rings is 1. The third-order valence-corrected chi connectivity index (χ3v) is 3.27. The van der Waals surface area contributed by atoms with Crippen molar-refractivity contribution in [2.24, 2.45) is 0 Å². The first-order valence-electron chi connectivity index (χ1n) is 6.34. The smallest absolute Gasteiger partial charge is 0.410 e. The maximum absolute atomic E-state index is 11.9. The average molecular weight is 241 g/mol. The number of carbonyl (C=O) groups excluding carboxylic acids is 1. The highest BCUT2D eigenvalue weighted by molar-refractivity contribution is 5.68. The highest BCUT2D eigenvalue weighted by Crippen LogP contribution is 2.23. The van der Waals surface area contributed by atoms with Gasteiger partial charge in [-0.15, -0.1) is 0 Å². The molecule has 0 aliphatic carbocycles. The molecule has 2 heterocycles. The van der Waals surface area contributed by atoms with Gasteiger partial charge in [0.15, 0.2) is 0 Å². The number of hydrogen-bond donors (Lipinski definition) is 2. The lowest BCUT2D eigenvalue weighted by Gasteiger charge is -2.35. The van der Waals surface area contributed by atoms with Crippen LogP contribution in [0.25, 0.3) is 0 Å². The van der Waals surface area contributed by atoms with Gasteiger partial charge < -0.3 is 20.3 Å². The Bertz CT molecular complexity index is 293. The summed E-state index contributed by atoms with van der Waals surface area (Å²) in [5.74, 6) is 0. The van der Waals surface area contributed by atoms with Gasteiger partial charge >= 0.3 is 6.09 Å². The van der Waals surface area contributed by atoms with Gasteiger partial charge in [-0.25, -0.2) is 4.79 Å². The molecular formula is C12H23N3O2. The molecule has 2 aliphatic heterocycles. The molecule has 0 saturated carbocycles. The summed E-state index contributed by atoms with van der Waals surface area (Å²) < 4.78 is 5.39. The largest absolute Gasteiger partial charge is 0.444 e. The molecule has 1 atom stereocenters. The zero-order chi connectivity index (χ0) is 12.5. The van der Waals surface area contributed by atoms with Crippen molar-refractivity contribution in [3.05, 3.63) is 0 Å². The van der Waals surface area contributed by atoms with Crippen molar-refractivity contribution >= 4 is 6.09 Å². The first-order valence-corrected chi connectivity index (χ1v) is 6.34. The van der Waals surface area contributed by atoms with Crippen molar-refractivity contribution in [2.75, 3.05) is 32.7 Å². The molecular weight excluding hydrogens is 218 g/mol. The topological polar surface area (TPSA) is 53.6 Å². The van der Waals surface area contributed by atoms with E-state index in [1.165, 1.54) is 0 Å². The lowest BCUT2D eigenvalue weighted by molar-refractivity contribution is 0.0278. The molecule has 1 amide bonds. The van der Waals surface area contributed by atoms with Crippen LogP contribution in [-0.2, 0) is 4.74 Å². The van der Waals surface area contributed by atoms with Crippen LogP contribution in [-0.4, -0.2) is 54.9 Å². The summed E-state index contributed by atoms with van der Waals surface area (Å²) in [4.78, 5) is 13.8. The summed E-state index contributed by atoms with van der Waals surface area (Å²) in [5.41, 5.74) is -0.347. The molecule has 2 aliphatic rings. The van der Waals surface area contributed by atoms with E-state index < -0.39 is 5.60 Å². The molecule has 5 nitrogen and oxygen atoms in total. The van der Waals surface area contributed by atoms with Gasteiger partial charge in [-0.1, -0.05) is 0 Å². The highest BCUT2D eigenvalue weighted by Gasteiger charge is 2.41. The monoisotopic (exact) mass is 241 g/mol. The Morgan fingerprint density at radius 2 is 2.12 bits per heavy atom. The molecule has 2 N–H and O–H groups in total. The van der Waals surface area contributed by atoms with E-state index in [1.54, 1.807) is 0 Å². The molecule has 2 fully saturated rings. The molecule has 1 unspecified atom stereocenters. The summed E-state index contributed by atoms with van der Waals surface area (Å²) in [6.45, 7) is 10.1. The number of likely N-dealkylation sites (tertiary alicyclic amines) is 1. The lowest BCUT2D eigenvalue weighted by atomic mass is 9.97. The number of nitrogens with zero attached hydrogens (tertiary/aromatic N) is 1. The van der Waals surface area contributed by atoms with Crippen LogP contribution >= 0.6 is 0 Å². The first kappa shape index (κ1) is 12.6. The van der Waals surface area contributed by atoms with E-state index in [0.29, 0.717) is 0 Å². The Labute approximate surface area is 103 Å². The maximum Gasteiger partial charge on any atom is 0.410 e. The molecule has 17 heavy (non-hydrogen) atoms. The van der Waals surface area contributed by atoms with E-state index in [4.69, 9.17) is 4.74 Å². The van der Waals surface area contributed by atoms with Crippen molar-refractivity contribution < 1.29 is 9.53 Å². The Hall–Kier alpha value is -0.810. The van der Waals surface area contributed by atoms with Crippen LogP contribution in [0.4, 0.5) is 4.79 Å². The zero-order valence-electron chi connectivity index (χ0n) is 11.0. The fourth-order valence-corrected chi connectivity index (χ4v) is 2.45. The normalized spacial score (nSPS) is 29.7. The van der Waals surface area contributed by atoms with Crippen LogP contribution in [0.5, 0.6) is 0 Å². The molecule has 0 aromatic rings. The summed E-state index contributed by atoms with van der Waals surface area (Å²) in [7, 11) is 0. The summed E-state index contributed by atoms with van der Waals surface area (Å²) in [6.07, 6.45) is 0.806. The van der Waals surface area contributed by atoms with Gasteiger partial charge in [-0.3, -0.25) is 0 Å². The van der Waals surface area contributed by atoms with Crippen LogP contribution in [0, 0.1) is 0 Å². The van der Waals surface area contributed by atoms with Crippen LogP contribution < -0.4 is 10.6 Å². The van der Waals surface area contributed by atoms with E-state index in [1.807, 2.05) is 25.7 Å². The SMILES string of the molecule is CC(C)(C)OC(=O)N1CCC2(CNCCN2)C1. The maximum atomic E-state index is 11.9. The van der Waals surface area contributed by atoms with Crippen LogP contribution in [0.2, 0.25) is 0 Å². The molecule has 98 valence electrons. The van der Waals surface area contributed by atoms with Crippen LogP contribution in [0.1, 0.15) is 27.2 Å². The van der Waals surface area contributed by atoms with Crippen LogP contribution in [0.15, 0.2) is 0 Å². The van der Waals surface area contributed by atoms with Crippen molar-refractivity contribution in [3.8, 4) is 0 Å². The minimum Gasteiger partial charge on any atom is -0.444 e. The Morgan fingerprint density at radius 1 is 1.35 bits per heavy atom. The number of nitrogens with one attached hydrogen (secondary N) is 2. The second-order valence-electron chi connectivity index (χ2n) is 6.04. The minimum absolute atomic E-state index is 0.0646. The molecule has 0 radical (unpaired) electrons. The molecule has 1 spiro atoms. The molecule has 0 aromatic heterocycles. The third-order valence-electron chi connectivity index (χ3n) is 3.27. The molecule has 0 bridgehead atoms. The van der Waals surface area contributed by atoms with E-state index in [-0.39, 0.29) is 11.6 Å². The highest BCUT2D eigenvalue weighted by atomic mass is 16.6. The second-order valence-corrected chi connectivity index (χ2v) is 6.04. The summed E-state index contributed by atoms with van der Waals surface area (Å²) in [5, 5.41) is 6.91.